The fourth-order valence-corrected chi connectivity index (χ4v) is 3.12. The summed E-state index contributed by atoms with van der Waals surface area (Å²) < 4.78 is 2.15. The molecule has 1 aliphatic heterocycles. The zero-order valence-corrected chi connectivity index (χ0v) is 12.4. The highest BCUT2D eigenvalue weighted by molar-refractivity contribution is 9.09. The van der Waals surface area contributed by atoms with Gasteiger partial charge in [0.2, 0.25) is 0 Å². The molecule has 1 aromatic heterocycles. The van der Waals surface area contributed by atoms with Gasteiger partial charge in [0, 0.05) is 35.9 Å². The van der Waals surface area contributed by atoms with Crippen LogP contribution in [0.1, 0.15) is 23.3 Å². The average Bonchev–Trinajstić information content (AvgIpc) is 2.81. The number of carbonyl (C=O) groups is 1. The number of halogens is 1. The number of hydrogen-bond donors (Lipinski definition) is 0. The predicted octanol–water partition coefficient (Wildman–Crippen LogP) is 3.27. The van der Waals surface area contributed by atoms with E-state index in [0.29, 0.717) is 0 Å². The number of para-hydroxylation sites is 1. The van der Waals surface area contributed by atoms with Gasteiger partial charge in [-0.1, -0.05) is 34.1 Å². The first-order valence-electron chi connectivity index (χ1n) is 6.75. The molecular weight excluding hydrogens is 304 g/mol. The second-order valence-corrected chi connectivity index (χ2v) is 5.72. The van der Waals surface area contributed by atoms with Gasteiger partial charge in [0.15, 0.2) is 0 Å². The van der Waals surface area contributed by atoms with Crippen molar-refractivity contribution in [1.29, 1.82) is 0 Å². The lowest BCUT2D eigenvalue weighted by molar-refractivity contribution is 0.0704. The van der Waals surface area contributed by atoms with E-state index in [9.17, 15) is 4.79 Å². The number of nitrogens with zero attached hydrogens (tertiary/aromatic N) is 2. The lowest BCUT2D eigenvalue weighted by atomic mass is 10.2. The molecular formula is C15H17BrN2O. The Morgan fingerprint density at radius 1 is 1.16 bits per heavy atom. The first kappa shape index (κ1) is 12.7. The molecule has 1 aliphatic rings. The van der Waals surface area contributed by atoms with Gasteiger partial charge in [-0.05, 0) is 25.0 Å². The van der Waals surface area contributed by atoms with Crippen LogP contribution in [0, 0.1) is 0 Å². The van der Waals surface area contributed by atoms with E-state index in [1.165, 1.54) is 5.52 Å². The molecule has 0 unspecified atom stereocenters. The number of aromatic nitrogens is 1. The predicted molar refractivity (Wildman–Crippen MR) is 80.9 cm³/mol. The lowest BCUT2D eigenvalue weighted by Crippen LogP contribution is -2.40. The van der Waals surface area contributed by atoms with Crippen LogP contribution in [-0.2, 0) is 6.54 Å². The highest BCUT2D eigenvalue weighted by Crippen LogP contribution is 2.24. The van der Waals surface area contributed by atoms with Crippen LogP contribution in [0.4, 0.5) is 0 Å². The van der Waals surface area contributed by atoms with Gasteiger partial charge in [-0.15, -0.1) is 0 Å². The first-order valence-corrected chi connectivity index (χ1v) is 7.87. The van der Waals surface area contributed by atoms with Gasteiger partial charge in [-0.3, -0.25) is 4.79 Å². The zero-order valence-electron chi connectivity index (χ0n) is 10.8. The van der Waals surface area contributed by atoms with Crippen molar-refractivity contribution in [1.82, 2.24) is 9.47 Å². The van der Waals surface area contributed by atoms with E-state index in [4.69, 9.17) is 0 Å². The maximum Gasteiger partial charge on any atom is 0.270 e. The number of hydrogen-bond acceptors (Lipinski definition) is 1. The zero-order chi connectivity index (χ0) is 13.2. The standard InChI is InChI=1S/C15H17BrN2O/c16-7-3-4-8-17-9-10-18-13-6-2-1-5-12(13)11-14(18)15(17)19/h1-2,5-6,11H,3-4,7-10H2. The molecule has 1 aromatic carbocycles. The number of rotatable bonds is 4. The number of carbonyl (C=O) groups excluding carboxylic acids is 1. The van der Waals surface area contributed by atoms with Gasteiger partial charge in [0.05, 0.1) is 0 Å². The van der Waals surface area contributed by atoms with E-state index in [0.717, 1.165) is 48.9 Å². The van der Waals surface area contributed by atoms with Crippen LogP contribution in [-0.4, -0.2) is 33.8 Å². The Morgan fingerprint density at radius 3 is 2.84 bits per heavy atom. The summed E-state index contributed by atoms with van der Waals surface area (Å²) in [6.45, 7) is 2.60. The number of alkyl halides is 1. The fourth-order valence-electron chi connectivity index (χ4n) is 2.72. The van der Waals surface area contributed by atoms with Gasteiger partial charge in [-0.2, -0.15) is 0 Å². The van der Waals surface area contributed by atoms with Crippen molar-refractivity contribution in [2.24, 2.45) is 0 Å². The molecule has 0 atom stereocenters. The van der Waals surface area contributed by atoms with Crippen LogP contribution >= 0.6 is 15.9 Å². The maximum absolute atomic E-state index is 12.5. The van der Waals surface area contributed by atoms with Crippen LogP contribution in [0.2, 0.25) is 0 Å². The summed E-state index contributed by atoms with van der Waals surface area (Å²) in [6, 6.07) is 10.2. The van der Waals surface area contributed by atoms with E-state index in [1.54, 1.807) is 0 Å². The summed E-state index contributed by atoms with van der Waals surface area (Å²) in [7, 11) is 0. The highest BCUT2D eigenvalue weighted by atomic mass is 79.9. The molecule has 0 spiro atoms. The topological polar surface area (TPSA) is 25.2 Å². The van der Waals surface area contributed by atoms with Crippen LogP contribution in [0.25, 0.3) is 10.9 Å². The van der Waals surface area contributed by atoms with Crippen LogP contribution in [0.15, 0.2) is 30.3 Å². The SMILES string of the molecule is O=C1c2cc3ccccc3n2CCN1CCCCBr. The summed E-state index contributed by atoms with van der Waals surface area (Å²) in [5.74, 6) is 0.178. The number of fused-ring (bicyclic) bond motifs is 3. The van der Waals surface area contributed by atoms with Gasteiger partial charge >= 0.3 is 0 Å². The second kappa shape index (κ2) is 5.37. The average molecular weight is 321 g/mol. The van der Waals surface area contributed by atoms with Gasteiger partial charge < -0.3 is 9.47 Å². The molecule has 2 heterocycles. The molecule has 0 aliphatic carbocycles. The summed E-state index contributed by atoms with van der Waals surface area (Å²) in [5.41, 5.74) is 2.01. The lowest BCUT2D eigenvalue weighted by Gasteiger charge is -2.28. The minimum Gasteiger partial charge on any atom is -0.336 e. The minimum absolute atomic E-state index is 0.178. The largest absolute Gasteiger partial charge is 0.336 e. The Kier molecular flexibility index (Phi) is 3.60. The molecule has 0 N–H and O–H groups in total. The van der Waals surface area contributed by atoms with Crippen molar-refractivity contribution in [3.8, 4) is 0 Å². The molecule has 3 nitrogen and oxygen atoms in total. The summed E-state index contributed by atoms with van der Waals surface area (Å²) in [4.78, 5) is 14.5. The number of benzene rings is 1. The third-order valence-electron chi connectivity index (χ3n) is 3.72. The van der Waals surface area contributed by atoms with E-state index in [2.05, 4.69) is 32.6 Å². The van der Waals surface area contributed by atoms with E-state index >= 15 is 0 Å². The Hall–Kier alpha value is -1.29. The van der Waals surface area contributed by atoms with E-state index in [1.807, 2.05) is 23.1 Å². The Labute approximate surface area is 121 Å². The summed E-state index contributed by atoms with van der Waals surface area (Å²) >= 11 is 3.43. The number of unbranched alkanes of at least 4 members (excludes halogenated alkanes) is 1. The quantitative estimate of drug-likeness (QED) is 0.627. The molecule has 0 radical (unpaired) electrons. The summed E-state index contributed by atoms with van der Waals surface area (Å²) in [5, 5.41) is 2.17. The van der Waals surface area contributed by atoms with Gasteiger partial charge in [-0.25, -0.2) is 0 Å². The monoisotopic (exact) mass is 320 g/mol. The molecule has 0 bridgehead atoms. The molecule has 0 fully saturated rings. The fraction of sp³-hybridized carbons (Fsp3) is 0.400. The van der Waals surface area contributed by atoms with Crippen molar-refractivity contribution < 1.29 is 4.79 Å². The van der Waals surface area contributed by atoms with Crippen LogP contribution in [0.5, 0.6) is 0 Å². The maximum atomic E-state index is 12.5. The first-order chi connectivity index (χ1) is 9.31. The molecule has 0 saturated heterocycles. The van der Waals surface area contributed by atoms with Crippen LogP contribution in [0.3, 0.4) is 0 Å². The Bertz CT molecular complexity index is 605. The van der Waals surface area contributed by atoms with Crippen molar-refractivity contribution in [2.75, 3.05) is 18.4 Å². The minimum atomic E-state index is 0.178. The Morgan fingerprint density at radius 2 is 2.00 bits per heavy atom. The Balaban J connectivity index is 1.87. The van der Waals surface area contributed by atoms with Gasteiger partial charge in [0.1, 0.15) is 5.69 Å². The van der Waals surface area contributed by atoms with Crippen molar-refractivity contribution in [3.63, 3.8) is 0 Å². The third-order valence-corrected chi connectivity index (χ3v) is 4.28. The smallest absolute Gasteiger partial charge is 0.270 e. The van der Waals surface area contributed by atoms with Crippen LogP contribution < -0.4 is 0 Å². The van der Waals surface area contributed by atoms with Crippen molar-refractivity contribution in [2.45, 2.75) is 19.4 Å². The highest BCUT2D eigenvalue weighted by Gasteiger charge is 2.25. The third kappa shape index (κ3) is 2.29. The molecule has 1 amide bonds. The normalized spacial score (nSPS) is 15.0. The number of amides is 1. The van der Waals surface area contributed by atoms with E-state index < -0.39 is 0 Å². The molecule has 19 heavy (non-hydrogen) atoms. The molecule has 2 aromatic rings. The molecule has 100 valence electrons. The van der Waals surface area contributed by atoms with Crippen molar-refractivity contribution in [3.05, 3.63) is 36.0 Å². The van der Waals surface area contributed by atoms with Crippen molar-refractivity contribution >= 4 is 32.7 Å². The molecule has 0 saturated carbocycles. The van der Waals surface area contributed by atoms with Gasteiger partial charge in [0.25, 0.3) is 5.91 Å². The molecule has 3 rings (SSSR count). The van der Waals surface area contributed by atoms with E-state index in [-0.39, 0.29) is 5.91 Å². The molecule has 4 heteroatoms. The summed E-state index contributed by atoms with van der Waals surface area (Å²) in [6.07, 6.45) is 2.18. The second-order valence-electron chi connectivity index (χ2n) is 4.93.